The maximum atomic E-state index is 5.90. The molecule has 0 unspecified atom stereocenters. The molecule has 0 spiro atoms. The highest BCUT2D eigenvalue weighted by Crippen LogP contribution is 2.29. The lowest BCUT2D eigenvalue weighted by molar-refractivity contribution is 0.760. The van der Waals surface area contributed by atoms with Gasteiger partial charge in [-0.2, -0.15) is 0 Å². The van der Waals surface area contributed by atoms with Crippen molar-refractivity contribution in [2.75, 3.05) is 11.4 Å². The van der Waals surface area contributed by atoms with E-state index in [0.717, 1.165) is 17.6 Å². The number of hydrogen-bond acceptors (Lipinski definition) is 2. The van der Waals surface area contributed by atoms with Gasteiger partial charge in [-0.1, -0.05) is 46.3 Å². The van der Waals surface area contributed by atoms with Crippen LogP contribution in [0.4, 0.5) is 5.69 Å². The molecule has 0 aliphatic carbocycles. The van der Waals surface area contributed by atoms with E-state index in [4.69, 9.17) is 5.73 Å². The summed E-state index contributed by atoms with van der Waals surface area (Å²) in [4.78, 5) is 2.46. The number of anilines is 1. The molecule has 3 heteroatoms. The molecule has 0 amide bonds. The van der Waals surface area contributed by atoms with Crippen LogP contribution in [0.3, 0.4) is 0 Å². The minimum atomic E-state index is 0.584. The Hall–Kier alpha value is -1.32. The molecule has 0 radical (unpaired) electrons. The summed E-state index contributed by atoms with van der Waals surface area (Å²) in [5.41, 5.74) is 11.3. The van der Waals surface area contributed by atoms with E-state index in [1.54, 1.807) is 0 Å². The Kier molecular flexibility index (Phi) is 4.08. The normalized spacial score (nSPS) is 14.8. The van der Waals surface area contributed by atoms with Crippen molar-refractivity contribution in [3.63, 3.8) is 0 Å². The molecule has 2 nitrogen and oxygen atoms in total. The Morgan fingerprint density at radius 3 is 2.70 bits per heavy atom. The molecule has 3 rings (SSSR count). The van der Waals surface area contributed by atoms with Crippen LogP contribution in [0.15, 0.2) is 46.9 Å². The largest absolute Gasteiger partial charge is 0.367 e. The Labute approximate surface area is 128 Å². The topological polar surface area (TPSA) is 29.3 Å². The summed E-state index contributed by atoms with van der Waals surface area (Å²) in [6.45, 7) is 2.64. The van der Waals surface area contributed by atoms with Gasteiger partial charge in [-0.25, -0.2) is 0 Å². The molecule has 1 heterocycles. The average molecular weight is 331 g/mol. The van der Waals surface area contributed by atoms with Crippen molar-refractivity contribution in [2.45, 2.75) is 25.9 Å². The predicted molar refractivity (Wildman–Crippen MR) is 87.8 cm³/mol. The van der Waals surface area contributed by atoms with Crippen molar-refractivity contribution in [2.24, 2.45) is 5.73 Å². The molecule has 20 heavy (non-hydrogen) atoms. The van der Waals surface area contributed by atoms with Gasteiger partial charge in [-0.05, 0) is 41.7 Å². The van der Waals surface area contributed by atoms with Gasteiger partial charge in [0.05, 0.1) is 0 Å². The van der Waals surface area contributed by atoms with Gasteiger partial charge in [0.1, 0.15) is 0 Å². The molecular formula is C17H19BrN2. The third-order valence-electron chi connectivity index (χ3n) is 3.96. The van der Waals surface area contributed by atoms with Gasteiger partial charge in [0.2, 0.25) is 0 Å². The summed E-state index contributed by atoms with van der Waals surface area (Å²) >= 11 is 3.58. The molecule has 0 aromatic heterocycles. The predicted octanol–water partition coefficient (Wildman–Crippen LogP) is 3.86. The summed E-state index contributed by atoms with van der Waals surface area (Å²) in [6, 6.07) is 15.1. The van der Waals surface area contributed by atoms with E-state index in [1.807, 2.05) is 0 Å². The molecule has 1 aliphatic rings. The Morgan fingerprint density at radius 1 is 1.10 bits per heavy atom. The second kappa shape index (κ2) is 5.98. The maximum absolute atomic E-state index is 5.90. The zero-order chi connectivity index (χ0) is 13.9. The summed E-state index contributed by atoms with van der Waals surface area (Å²) in [5.74, 6) is 0. The van der Waals surface area contributed by atoms with Crippen LogP contribution in [0.2, 0.25) is 0 Å². The number of nitrogens with two attached hydrogens (primary N) is 1. The Bertz CT molecular complexity index is 610. The number of halogens is 1. The van der Waals surface area contributed by atoms with E-state index in [9.17, 15) is 0 Å². The van der Waals surface area contributed by atoms with E-state index in [-0.39, 0.29) is 0 Å². The number of benzene rings is 2. The van der Waals surface area contributed by atoms with Gasteiger partial charge in [0, 0.05) is 29.8 Å². The van der Waals surface area contributed by atoms with Crippen LogP contribution in [0.25, 0.3) is 0 Å². The maximum Gasteiger partial charge on any atom is 0.0432 e. The zero-order valence-electron chi connectivity index (χ0n) is 11.5. The first-order valence-corrected chi connectivity index (χ1v) is 7.87. The molecule has 104 valence electrons. The molecule has 0 fully saturated rings. The van der Waals surface area contributed by atoms with Crippen molar-refractivity contribution in [3.8, 4) is 0 Å². The van der Waals surface area contributed by atoms with E-state index >= 15 is 0 Å². The lowest BCUT2D eigenvalue weighted by atomic mass is 10.0. The zero-order valence-corrected chi connectivity index (χ0v) is 13.1. The van der Waals surface area contributed by atoms with Crippen LogP contribution in [0.5, 0.6) is 0 Å². The third kappa shape index (κ3) is 2.74. The molecule has 2 aromatic rings. The van der Waals surface area contributed by atoms with Crippen LogP contribution in [-0.2, 0) is 19.5 Å². The monoisotopic (exact) mass is 330 g/mol. The fourth-order valence-electron chi connectivity index (χ4n) is 2.91. The third-order valence-corrected chi connectivity index (χ3v) is 4.45. The smallest absolute Gasteiger partial charge is 0.0432 e. The van der Waals surface area contributed by atoms with Crippen LogP contribution in [0.1, 0.15) is 23.1 Å². The first kappa shape index (κ1) is 13.7. The molecular weight excluding hydrogens is 312 g/mol. The molecule has 0 atom stereocenters. The molecule has 0 saturated carbocycles. The molecule has 0 bridgehead atoms. The number of aryl methyl sites for hydroxylation is 1. The molecule has 2 N–H and O–H groups in total. The van der Waals surface area contributed by atoms with E-state index in [2.05, 4.69) is 63.3 Å². The van der Waals surface area contributed by atoms with E-state index in [0.29, 0.717) is 6.54 Å². The minimum Gasteiger partial charge on any atom is -0.367 e. The fraction of sp³-hybridized carbons (Fsp3) is 0.294. The van der Waals surface area contributed by atoms with Gasteiger partial charge in [0.15, 0.2) is 0 Å². The minimum absolute atomic E-state index is 0.584. The number of rotatable bonds is 2. The lowest BCUT2D eigenvalue weighted by Gasteiger charge is -2.26. The van der Waals surface area contributed by atoms with Gasteiger partial charge < -0.3 is 10.6 Å². The van der Waals surface area contributed by atoms with Gasteiger partial charge >= 0.3 is 0 Å². The van der Waals surface area contributed by atoms with E-state index in [1.165, 1.54) is 35.2 Å². The second-order valence-electron chi connectivity index (χ2n) is 5.27. The number of fused-ring (bicyclic) bond motifs is 1. The van der Waals surface area contributed by atoms with Crippen LogP contribution in [-0.4, -0.2) is 6.54 Å². The standard InChI is InChI=1S/C17H19BrN2/c18-16-8-7-14(11-19)17(10-16)20-9-3-6-13-4-1-2-5-15(13)12-20/h1-2,4-5,7-8,10H,3,6,9,11-12,19H2. The Balaban J connectivity index is 1.97. The highest BCUT2D eigenvalue weighted by atomic mass is 79.9. The average Bonchev–Trinajstić information content (AvgIpc) is 2.69. The van der Waals surface area contributed by atoms with Crippen LogP contribution >= 0.6 is 15.9 Å². The molecule has 1 aliphatic heterocycles. The SMILES string of the molecule is NCc1ccc(Br)cc1N1CCCc2ccccc2C1. The lowest BCUT2D eigenvalue weighted by Crippen LogP contribution is -2.24. The van der Waals surface area contributed by atoms with Gasteiger partial charge in [-0.15, -0.1) is 0 Å². The first-order valence-electron chi connectivity index (χ1n) is 7.08. The molecule has 2 aromatic carbocycles. The van der Waals surface area contributed by atoms with Crippen molar-refractivity contribution in [1.82, 2.24) is 0 Å². The summed E-state index contributed by atoms with van der Waals surface area (Å²) in [7, 11) is 0. The van der Waals surface area contributed by atoms with Crippen LogP contribution < -0.4 is 10.6 Å². The fourth-order valence-corrected chi connectivity index (χ4v) is 3.26. The quantitative estimate of drug-likeness (QED) is 0.905. The second-order valence-corrected chi connectivity index (χ2v) is 6.19. The van der Waals surface area contributed by atoms with Crippen LogP contribution in [0, 0.1) is 0 Å². The highest BCUT2D eigenvalue weighted by molar-refractivity contribution is 9.10. The molecule has 0 saturated heterocycles. The van der Waals surface area contributed by atoms with Gasteiger partial charge in [-0.3, -0.25) is 0 Å². The van der Waals surface area contributed by atoms with Gasteiger partial charge in [0.25, 0.3) is 0 Å². The summed E-state index contributed by atoms with van der Waals surface area (Å²) in [6.07, 6.45) is 2.35. The number of hydrogen-bond donors (Lipinski definition) is 1. The Morgan fingerprint density at radius 2 is 1.90 bits per heavy atom. The first-order chi connectivity index (χ1) is 9.78. The highest BCUT2D eigenvalue weighted by Gasteiger charge is 2.16. The number of nitrogens with zero attached hydrogens (tertiary/aromatic N) is 1. The summed E-state index contributed by atoms with van der Waals surface area (Å²) < 4.78 is 1.11. The van der Waals surface area contributed by atoms with Crippen molar-refractivity contribution >= 4 is 21.6 Å². The summed E-state index contributed by atoms with van der Waals surface area (Å²) in [5, 5.41) is 0. The van der Waals surface area contributed by atoms with Crippen molar-refractivity contribution in [1.29, 1.82) is 0 Å². The van der Waals surface area contributed by atoms with Crippen molar-refractivity contribution in [3.05, 3.63) is 63.6 Å². The van der Waals surface area contributed by atoms with E-state index < -0.39 is 0 Å². The van der Waals surface area contributed by atoms with Crippen molar-refractivity contribution < 1.29 is 0 Å².